The Labute approximate surface area is 112 Å². The molecule has 0 aliphatic carbocycles. The van der Waals surface area contributed by atoms with Crippen molar-refractivity contribution in [2.75, 3.05) is 6.54 Å². The van der Waals surface area contributed by atoms with Crippen LogP contribution in [-0.2, 0) is 4.79 Å². The molecule has 1 atom stereocenters. The van der Waals surface area contributed by atoms with Crippen LogP contribution in [0.15, 0.2) is 22.7 Å². The molecular formula is C12H12BrFN2O2. The lowest BCUT2D eigenvalue weighted by Gasteiger charge is -2.22. The Hall–Kier alpha value is -1.43. The van der Waals surface area contributed by atoms with Crippen LogP contribution >= 0.6 is 15.9 Å². The second kappa shape index (κ2) is 5.48. The lowest BCUT2D eigenvalue weighted by Crippen LogP contribution is -2.50. The molecule has 1 aromatic carbocycles. The number of amides is 2. The van der Waals surface area contributed by atoms with E-state index in [9.17, 15) is 14.0 Å². The summed E-state index contributed by atoms with van der Waals surface area (Å²) in [6, 6.07) is 3.48. The van der Waals surface area contributed by atoms with Crippen molar-refractivity contribution in [2.45, 2.75) is 18.9 Å². The maximum atomic E-state index is 13.0. The Morgan fingerprint density at radius 2 is 2.28 bits per heavy atom. The Morgan fingerprint density at radius 1 is 1.50 bits per heavy atom. The predicted molar refractivity (Wildman–Crippen MR) is 67.6 cm³/mol. The van der Waals surface area contributed by atoms with Crippen LogP contribution in [-0.4, -0.2) is 24.4 Å². The van der Waals surface area contributed by atoms with Crippen molar-refractivity contribution >= 4 is 27.7 Å². The van der Waals surface area contributed by atoms with Crippen molar-refractivity contribution in [3.8, 4) is 0 Å². The molecule has 4 nitrogen and oxygen atoms in total. The van der Waals surface area contributed by atoms with E-state index in [4.69, 9.17) is 0 Å². The molecule has 0 spiro atoms. The summed E-state index contributed by atoms with van der Waals surface area (Å²) in [5, 5.41) is 5.32. The van der Waals surface area contributed by atoms with Crippen LogP contribution in [0.1, 0.15) is 23.2 Å². The number of carbonyl (C=O) groups is 2. The Morgan fingerprint density at radius 3 is 2.94 bits per heavy atom. The topological polar surface area (TPSA) is 58.2 Å². The first-order valence-electron chi connectivity index (χ1n) is 5.61. The molecule has 2 rings (SSSR count). The molecular weight excluding hydrogens is 303 g/mol. The molecule has 6 heteroatoms. The van der Waals surface area contributed by atoms with E-state index in [1.807, 2.05) is 0 Å². The number of piperidine rings is 1. The first-order chi connectivity index (χ1) is 8.58. The summed E-state index contributed by atoms with van der Waals surface area (Å²) < 4.78 is 13.3. The molecule has 1 unspecified atom stereocenters. The molecule has 1 heterocycles. The van der Waals surface area contributed by atoms with Crippen LogP contribution in [0.2, 0.25) is 0 Å². The second-order valence-electron chi connectivity index (χ2n) is 4.09. The third kappa shape index (κ3) is 2.87. The minimum atomic E-state index is -0.505. The van der Waals surface area contributed by atoms with Crippen LogP contribution in [0, 0.1) is 5.82 Å². The number of nitrogens with one attached hydrogen (secondary N) is 2. The number of hydrogen-bond donors (Lipinski definition) is 2. The summed E-state index contributed by atoms with van der Waals surface area (Å²) in [6.45, 7) is 0.646. The first-order valence-corrected chi connectivity index (χ1v) is 6.41. The van der Waals surface area contributed by atoms with Gasteiger partial charge in [0.2, 0.25) is 5.91 Å². The molecule has 2 N–H and O–H groups in total. The zero-order valence-corrected chi connectivity index (χ0v) is 11.1. The van der Waals surface area contributed by atoms with Crippen LogP contribution in [0.4, 0.5) is 4.39 Å². The Bertz CT molecular complexity index is 493. The van der Waals surface area contributed by atoms with Crippen LogP contribution in [0.3, 0.4) is 0 Å². The number of rotatable bonds is 2. The summed E-state index contributed by atoms with van der Waals surface area (Å²) in [7, 11) is 0. The highest BCUT2D eigenvalue weighted by molar-refractivity contribution is 9.10. The van der Waals surface area contributed by atoms with Gasteiger partial charge in [-0.3, -0.25) is 9.59 Å². The summed E-state index contributed by atoms with van der Waals surface area (Å²) in [4.78, 5) is 23.4. The molecule has 1 aliphatic rings. The van der Waals surface area contributed by atoms with Crippen molar-refractivity contribution < 1.29 is 14.0 Å². The number of benzene rings is 1. The second-order valence-corrected chi connectivity index (χ2v) is 4.94. The molecule has 1 aliphatic heterocycles. The van der Waals surface area contributed by atoms with Gasteiger partial charge in [-0.05, 0) is 47.0 Å². The molecule has 0 aromatic heterocycles. The normalized spacial score (nSPS) is 19.2. The lowest BCUT2D eigenvalue weighted by molar-refractivity contribution is -0.124. The van der Waals surface area contributed by atoms with E-state index >= 15 is 0 Å². The maximum Gasteiger partial charge on any atom is 0.251 e. The monoisotopic (exact) mass is 314 g/mol. The third-order valence-electron chi connectivity index (χ3n) is 2.77. The molecule has 2 amide bonds. The molecule has 1 aromatic rings. The van der Waals surface area contributed by atoms with Gasteiger partial charge in [0, 0.05) is 12.1 Å². The van der Waals surface area contributed by atoms with Gasteiger partial charge in [0.05, 0.1) is 4.47 Å². The lowest BCUT2D eigenvalue weighted by atomic mass is 10.1. The van der Waals surface area contributed by atoms with E-state index in [-0.39, 0.29) is 16.3 Å². The van der Waals surface area contributed by atoms with Gasteiger partial charge in [-0.25, -0.2) is 4.39 Å². The van der Waals surface area contributed by atoms with Crippen molar-refractivity contribution in [1.29, 1.82) is 0 Å². The van der Waals surface area contributed by atoms with Gasteiger partial charge in [-0.2, -0.15) is 0 Å². The van der Waals surface area contributed by atoms with Gasteiger partial charge < -0.3 is 10.6 Å². The highest BCUT2D eigenvalue weighted by Crippen LogP contribution is 2.17. The van der Waals surface area contributed by atoms with Gasteiger partial charge in [-0.15, -0.1) is 0 Å². The zero-order valence-electron chi connectivity index (χ0n) is 9.50. The molecule has 96 valence electrons. The van der Waals surface area contributed by atoms with Gasteiger partial charge in [0.25, 0.3) is 5.91 Å². The minimum absolute atomic E-state index is 0.171. The quantitative estimate of drug-likeness (QED) is 0.871. The van der Waals surface area contributed by atoms with Gasteiger partial charge in [-0.1, -0.05) is 0 Å². The standard InChI is InChI=1S/C12H12BrFN2O2/c13-8-6-7(3-4-9(8)14)11(17)16-10-2-1-5-15-12(10)18/h3-4,6,10H,1-2,5H2,(H,15,18)(H,16,17). The zero-order chi connectivity index (χ0) is 13.1. The minimum Gasteiger partial charge on any atom is -0.354 e. The van der Waals surface area contributed by atoms with Crippen LogP contribution in [0.25, 0.3) is 0 Å². The Balaban J connectivity index is 2.07. The van der Waals surface area contributed by atoms with E-state index in [0.717, 1.165) is 6.42 Å². The van der Waals surface area contributed by atoms with Crippen molar-refractivity contribution in [2.24, 2.45) is 0 Å². The SMILES string of the molecule is O=C(NC1CCCNC1=O)c1ccc(F)c(Br)c1. The summed E-state index contributed by atoms with van der Waals surface area (Å²) in [5.74, 6) is -0.976. The molecule has 1 fully saturated rings. The molecule has 0 radical (unpaired) electrons. The fraction of sp³-hybridized carbons (Fsp3) is 0.333. The van der Waals surface area contributed by atoms with Crippen LogP contribution < -0.4 is 10.6 Å². The third-order valence-corrected chi connectivity index (χ3v) is 3.38. The number of carbonyl (C=O) groups excluding carboxylic acids is 2. The predicted octanol–water partition coefficient (Wildman–Crippen LogP) is 1.60. The van der Waals surface area contributed by atoms with Gasteiger partial charge in [0.15, 0.2) is 0 Å². The number of halogens is 2. The summed E-state index contributed by atoms with van der Waals surface area (Å²) in [6.07, 6.45) is 1.46. The maximum absolute atomic E-state index is 13.0. The van der Waals surface area contributed by atoms with Crippen molar-refractivity contribution in [3.05, 3.63) is 34.1 Å². The largest absolute Gasteiger partial charge is 0.354 e. The fourth-order valence-electron chi connectivity index (χ4n) is 1.79. The van der Waals surface area contributed by atoms with Gasteiger partial charge in [0.1, 0.15) is 11.9 Å². The smallest absolute Gasteiger partial charge is 0.251 e. The summed E-state index contributed by atoms with van der Waals surface area (Å²) in [5.41, 5.74) is 0.321. The summed E-state index contributed by atoms with van der Waals surface area (Å²) >= 11 is 3.02. The molecule has 0 saturated carbocycles. The van der Waals surface area contributed by atoms with E-state index in [1.165, 1.54) is 18.2 Å². The van der Waals surface area contributed by atoms with E-state index in [2.05, 4.69) is 26.6 Å². The highest BCUT2D eigenvalue weighted by Gasteiger charge is 2.24. The van der Waals surface area contributed by atoms with Gasteiger partial charge >= 0.3 is 0 Å². The molecule has 18 heavy (non-hydrogen) atoms. The molecule has 0 bridgehead atoms. The average molecular weight is 315 g/mol. The fourth-order valence-corrected chi connectivity index (χ4v) is 2.17. The number of hydrogen-bond acceptors (Lipinski definition) is 2. The van der Waals surface area contributed by atoms with E-state index < -0.39 is 11.9 Å². The average Bonchev–Trinajstić information content (AvgIpc) is 2.35. The Kier molecular flexibility index (Phi) is 3.96. The first kappa shape index (κ1) is 13.0. The van der Waals surface area contributed by atoms with Crippen molar-refractivity contribution in [3.63, 3.8) is 0 Å². The molecule has 1 saturated heterocycles. The van der Waals surface area contributed by atoms with E-state index in [0.29, 0.717) is 18.5 Å². The van der Waals surface area contributed by atoms with E-state index in [1.54, 1.807) is 0 Å². The van der Waals surface area contributed by atoms with Crippen molar-refractivity contribution in [1.82, 2.24) is 10.6 Å². The highest BCUT2D eigenvalue weighted by atomic mass is 79.9. The van der Waals surface area contributed by atoms with Crippen LogP contribution in [0.5, 0.6) is 0 Å².